The van der Waals surface area contributed by atoms with Crippen molar-refractivity contribution in [1.29, 1.82) is 0 Å². The van der Waals surface area contributed by atoms with E-state index < -0.39 is 0 Å². The third-order valence-electron chi connectivity index (χ3n) is 2.97. The Balaban J connectivity index is 1.93. The van der Waals surface area contributed by atoms with Crippen molar-refractivity contribution in [2.45, 2.75) is 46.0 Å². The lowest BCUT2D eigenvalue weighted by Gasteiger charge is -2.05. The summed E-state index contributed by atoms with van der Waals surface area (Å²) in [5.74, 6) is 0.951. The molecule has 0 atom stereocenters. The van der Waals surface area contributed by atoms with Gasteiger partial charge in [0.15, 0.2) is 0 Å². The van der Waals surface area contributed by atoms with Crippen molar-refractivity contribution in [3.8, 4) is 5.75 Å². The van der Waals surface area contributed by atoms with Gasteiger partial charge in [-0.15, -0.1) is 11.3 Å². The van der Waals surface area contributed by atoms with Crippen LogP contribution in [0.3, 0.4) is 0 Å². The Labute approximate surface area is 113 Å². The zero-order chi connectivity index (χ0) is 12.8. The van der Waals surface area contributed by atoms with Crippen LogP contribution in [0.5, 0.6) is 5.75 Å². The van der Waals surface area contributed by atoms with Crippen molar-refractivity contribution in [3.63, 3.8) is 0 Å². The molecule has 0 spiro atoms. The van der Waals surface area contributed by atoms with Crippen LogP contribution in [-0.4, -0.2) is 11.6 Å². The summed E-state index contributed by atoms with van der Waals surface area (Å²) in [6, 6.07) is 6.23. The van der Waals surface area contributed by atoms with E-state index >= 15 is 0 Å². The number of benzene rings is 1. The number of hydrogen-bond acceptors (Lipinski definition) is 3. The summed E-state index contributed by atoms with van der Waals surface area (Å²) in [5, 5.41) is 1.20. The van der Waals surface area contributed by atoms with E-state index in [-0.39, 0.29) is 0 Å². The fourth-order valence-electron chi connectivity index (χ4n) is 1.91. The average Bonchev–Trinajstić information content (AvgIpc) is 2.80. The molecule has 2 nitrogen and oxygen atoms in total. The maximum Gasteiger partial charge on any atom is 0.121 e. The predicted octanol–water partition coefficient (Wildman–Crippen LogP) is 4.82. The maximum atomic E-state index is 5.77. The molecule has 18 heavy (non-hydrogen) atoms. The van der Waals surface area contributed by atoms with Crippen LogP contribution in [0, 0.1) is 0 Å². The smallest absolute Gasteiger partial charge is 0.121 e. The number of aryl methyl sites for hydroxylation is 1. The Kier molecular flexibility index (Phi) is 5.00. The molecule has 1 heterocycles. The van der Waals surface area contributed by atoms with E-state index in [4.69, 9.17) is 4.74 Å². The quantitative estimate of drug-likeness (QED) is 0.668. The summed E-state index contributed by atoms with van der Waals surface area (Å²) in [7, 11) is 0. The minimum Gasteiger partial charge on any atom is -0.494 e. The van der Waals surface area contributed by atoms with Crippen LogP contribution in [0.4, 0.5) is 0 Å². The van der Waals surface area contributed by atoms with E-state index in [0.717, 1.165) is 30.7 Å². The summed E-state index contributed by atoms with van der Waals surface area (Å²) in [6.45, 7) is 5.18. The van der Waals surface area contributed by atoms with E-state index in [1.165, 1.54) is 29.0 Å². The van der Waals surface area contributed by atoms with Crippen molar-refractivity contribution >= 4 is 21.6 Å². The lowest BCUT2D eigenvalue weighted by Crippen LogP contribution is -1.96. The highest BCUT2D eigenvalue weighted by Gasteiger charge is 2.03. The van der Waals surface area contributed by atoms with Crippen LogP contribution >= 0.6 is 11.3 Å². The Bertz CT molecular complexity index is 492. The van der Waals surface area contributed by atoms with Gasteiger partial charge in [-0.05, 0) is 25.0 Å². The van der Waals surface area contributed by atoms with Crippen molar-refractivity contribution in [2.75, 3.05) is 6.61 Å². The van der Waals surface area contributed by atoms with Crippen LogP contribution in [0.25, 0.3) is 10.2 Å². The third-order valence-corrected chi connectivity index (χ3v) is 4.15. The van der Waals surface area contributed by atoms with Crippen LogP contribution in [0.2, 0.25) is 0 Å². The molecule has 0 radical (unpaired) electrons. The van der Waals surface area contributed by atoms with Crippen LogP contribution < -0.4 is 4.74 Å². The number of unbranched alkanes of at least 4 members (excludes halogenated alkanes) is 3. The van der Waals surface area contributed by atoms with Gasteiger partial charge in [0.25, 0.3) is 0 Å². The number of thiazole rings is 1. The molecule has 2 aromatic rings. The second-order valence-electron chi connectivity index (χ2n) is 4.50. The summed E-state index contributed by atoms with van der Waals surface area (Å²) < 4.78 is 7.02. The van der Waals surface area contributed by atoms with Gasteiger partial charge in [-0.25, -0.2) is 4.98 Å². The number of nitrogens with zero attached hydrogens (tertiary/aromatic N) is 1. The average molecular weight is 263 g/mol. The number of fused-ring (bicyclic) bond motifs is 1. The first kappa shape index (κ1) is 13.3. The molecule has 2 rings (SSSR count). The summed E-state index contributed by atoms with van der Waals surface area (Å²) in [4.78, 5) is 4.59. The highest BCUT2D eigenvalue weighted by molar-refractivity contribution is 7.18. The monoisotopic (exact) mass is 263 g/mol. The van der Waals surface area contributed by atoms with Gasteiger partial charge in [0.05, 0.1) is 21.8 Å². The number of hydrogen-bond donors (Lipinski definition) is 0. The van der Waals surface area contributed by atoms with Gasteiger partial charge >= 0.3 is 0 Å². The van der Waals surface area contributed by atoms with E-state index in [9.17, 15) is 0 Å². The van der Waals surface area contributed by atoms with Gasteiger partial charge in [-0.1, -0.05) is 33.1 Å². The molecular formula is C15H21NOS. The molecule has 0 saturated carbocycles. The Morgan fingerprint density at radius 3 is 2.83 bits per heavy atom. The first-order chi connectivity index (χ1) is 8.83. The second-order valence-corrected chi connectivity index (χ2v) is 5.62. The number of ether oxygens (including phenoxy) is 1. The number of rotatable bonds is 7. The van der Waals surface area contributed by atoms with Gasteiger partial charge in [-0.2, -0.15) is 0 Å². The standard InChI is InChI=1S/C15H21NOS/c1-3-5-6-7-10-17-12-8-9-14-13(11-12)16-15(4-2)18-14/h8-9,11H,3-7,10H2,1-2H3. The molecule has 0 unspecified atom stereocenters. The predicted molar refractivity (Wildman–Crippen MR) is 78.6 cm³/mol. The van der Waals surface area contributed by atoms with Crippen molar-refractivity contribution in [3.05, 3.63) is 23.2 Å². The molecule has 3 heteroatoms. The Hall–Kier alpha value is -1.09. The SMILES string of the molecule is CCCCCCOc1ccc2sc(CC)nc2c1. The molecule has 0 fully saturated rings. The third kappa shape index (κ3) is 3.45. The van der Waals surface area contributed by atoms with Gasteiger partial charge in [0.2, 0.25) is 0 Å². The van der Waals surface area contributed by atoms with Crippen molar-refractivity contribution in [1.82, 2.24) is 4.98 Å². The lowest BCUT2D eigenvalue weighted by atomic mass is 10.2. The van der Waals surface area contributed by atoms with Crippen LogP contribution in [0.1, 0.15) is 44.5 Å². The van der Waals surface area contributed by atoms with Crippen molar-refractivity contribution < 1.29 is 4.74 Å². The molecule has 0 aliphatic carbocycles. The molecule has 0 aliphatic rings. The van der Waals surface area contributed by atoms with Gasteiger partial charge in [-0.3, -0.25) is 0 Å². The van der Waals surface area contributed by atoms with E-state index in [0.29, 0.717) is 0 Å². The Morgan fingerprint density at radius 1 is 1.17 bits per heavy atom. The maximum absolute atomic E-state index is 5.77. The fourth-order valence-corrected chi connectivity index (χ4v) is 2.80. The summed E-state index contributed by atoms with van der Waals surface area (Å²) in [6.07, 6.45) is 5.98. The zero-order valence-corrected chi connectivity index (χ0v) is 12.1. The Morgan fingerprint density at radius 2 is 2.06 bits per heavy atom. The lowest BCUT2D eigenvalue weighted by molar-refractivity contribution is 0.305. The first-order valence-corrected chi connectivity index (χ1v) is 7.67. The molecular weight excluding hydrogens is 242 g/mol. The summed E-state index contributed by atoms with van der Waals surface area (Å²) >= 11 is 1.77. The van der Waals surface area contributed by atoms with E-state index in [2.05, 4.69) is 37.0 Å². The highest BCUT2D eigenvalue weighted by atomic mass is 32.1. The molecule has 0 amide bonds. The molecule has 0 bridgehead atoms. The molecule has 1 aromatic carbocycles. The largest absolute Gasteiger partial charge is 0.494 e. The first-order valence-electron chi connectivity index (χ1n) is 6.85. The van der Waals surface area contributed by atoms with E-state index in [1.54, 1.807) is 11.3 Å². The molecule has 1 aromatic heterocycles. The van der Waals surface area contributed by atoms with Gasteiger partial charge in [0.1, 0.15) is 5.75 Å². The molecule has 0 saturated heterocycles. The highest BCUT2D eigenvalue weighted by Crippen LogP contribution is 2.26. The van der Waals surface area contributed by atoms with E-state index in [1.807, 2.05) is 0 Å². The van der Waals surface area contributed by atoms with Gasteiger partial charge in [0, 0.05) is 6.07 Å². The normalized spacial score (nSPS) is 11.0. The topological polar surface area (TPSA) is 22.1 Å². The molecule has 98 valence electrons. The summed E-state index contributed by atoms with van der Waals surface area (Å²) in [5.41, 5.74) is 1.07. The number of aromatic nitrogens is 1. The molecule has 0 N–H and O–H groups in total. The van der Waals surface area contributed by atoms with Gasteiger partial charge < -0.3 is 4.74 Å². The van der Waals surface area contributed by atoms with Crippen molar-refractivity contribution in [2.24, 2.45) is 0 Å². The second kappa shape index (κ2) is 6.74. The zero-order valence-electron chi connectivity index (χ0n) is 11.2. The molecule has 0 aliphatic heterocycles. The minimum absolute atomic E-state index is 0.816. The van der Waals surface area contributed by atoms with Crippen LogP contribution in [0.15, 0.2) is 18.2 Å². The minimum atomic E-state index is 0.816. The van der Waals surface area contributed by atoms with Crippen LogP contribution in [-0.2, 0) is 6.42 Å². The fraction of sp³-hybridized carbons (Fsp3) is 0.533.